The van der Waals surface area contributed by atoms with Crippen molar-refractivity contribution in [1.29, 1.82) is 5.26 Å². The van der Waals surface area contributed by atoms with Crippen LogP contribution in [0.2, 0.25) is 0 Å². The lowest BCUT2D eigenvalue weighted by molar-refractivity contribution is -0.272. The van der Waals surface area contributed by atoms with E-state index in [1.165, 1.54) is 35.4 Å². The molecule has 0 radical (unpaired) electrons. The maximum absolute atomic E-state index is 14.4. The molecule has 354 valence electrons. The Bertz CT molecular complexity index is 1850. The van der Waals surface area contributed by atoms with Crippen molar-refractivity contribution in [3.05, 3.63) is 60.3 Å². The van der Waals surface area contributed by atoms with Gasteiger partial charge in [0.05, 0.1) is 53.0 Å². The number of nitriles is 1. The monoisotopic (exact) mass is 967 g/mol. The third kappa shape index (κ3) is 18.1. The first-order valence-corrected chi connectivity index (χ1v) is 24.3. The molecule has 1 fully saturated rings. The third-order valence-corrected chi connectivity index (χ3v) is 14.0. The number of hydrogen-bond donors (Lipinski definition) is 7. The molecule has 0 bridgehead atoms. The molecule has 0 saturated carbocycles. The van der Waals surface area contributed by atoms with Gasteiger partial charge in [-0.05, 0) is 68.5 Å². The fraction of sp³-hybridized carbons (Fsp3) is 0.605. The van der Waals surface area contributed by atoms with E-state index in [0.29, 0.717) is 15.5 Å². The molecule has 3 amide bonds. The zero-order valence-electron chi connectivity index (χ0n) is 36.7. The molecule has 2 heterocycles. The van der Waals surface area contributed by atoms with E-state index in [1.54, 1.807) is 27.0 Å². The van der Waals surface area contributed by atoms with Crippen molar-refractivity contribution in [1.82, 2.24) is 20.9 Å². The first-order chi connectivity index (χ1) is 30.3. The number of carbonyl (C=O) groups is 4. The lowest BCUT2D eigenvalue weighted by Gasteiger charge is -2.42. The number of rotatable bonds is 27. The molecule has 0 aliphatic carbocycles. The van der Waals surface area contributed by atoms with Crippen molar-refractivity contribution in [3.8, 4) is 6.07 Å². The van der Waals surface area contributed by atoms with E-state index >= 15 is 0 Å². The number of amides is 3. The molecule has 7 N–H and O–H groups in total. The molecule has 64 heavy (non-hydrogen) atoms. The summed E-state index contributed by atoms with van der Waals surface area (Å²) in [5.74, 6) is -1.44. The second kappa shape index (κ2) is 27.3. The van der Waals surface area contributed by atoms with Gasteiger partial charge in [0, 0.05) is 43.8 Å². The van der Waals surface area contributed by atoms with E-state index in [1.807, 2.05) is 48.5 Å². The zero-order valence-corrected chi connectivity index (χ0v) is 40.0. The van der Waals surface area contributed by atoms with Gasteiger partial charge < -0.3 is 55.3 Å². The summed E-state index contributed by atoms with van der Waals surface area (Å²) < 4.78 is 21.4. The van der Waals surface area contributed by atoms with Crippen molar-refractivity contribution in [2.24, 2.45) is 10.8 Å². The number of carbonyl (C=O) groups excluding carboxylic acids is 4. The number of nitrogens with one attached hydrogen (secondary N) is 3. The summed E-state index contributed by atoms with van der Waals surface area (Å²) in [6.45, 7) is 7.16. The van der Waals surface area contributed by atoms with Crippen LogP contribution in [0.4, 0.5) is 0 Å². The van der Waals surface area contributed by atoms with Crippen LogP contribution in [-0.4, -0.2) is 147 Å². The van der Waals surface area contributed by atoms with Gasteiger partial charge in [0.25, 0.3) is 0 Å². The van der Waals surface area contributed by atoms with Gasteiger partial charge in [-0.25, -0.2) is 4.98 Å². The highest BCUT2D eigenvalue weighted by molar-refractivity contribution is 8.76. The molecule has 17 nitrogen and oxygen atoms in total. The van der Waals surface area contributed by atoms with E-state index in [-0.39, 0.29) is 65.2 Å². The topological polar surface area (TPSA) is 259 Å². The number of esters is 1. The molecule has 0 spiro atoms. The number of ether oxygens (including phenoxy) is 4. The number of nitrogens with zero attached hydrogens (tertiary/aromatic N) is 2. The largest absolute Gasteiger partial charge is 0.465 e. The van der Waals surface area contributed by atoms with Gasteiger partial charge in [-0.3, -0.25) is 19.2 Å². The third-order valence-electron chi connectivity index (χ3n) is 10.1. The Labute approximate surface area is 392 Å². The molecule has 1 aromatic heterocycles. The Kier molecular flexibility index (Phi) is 23.4. The Balaban J connectivity index is 1.73. The minimum Gasteiger partial charge on any atom is -0.465 e. The van der Waals surface area contributed by atoms with Crippen LogP contribution in [0, 0.1) is 22.2 Å². The Morgan fingerprint density at radius 2 is 1.70 bits per heavy atom. The molecule has 9 unspecified atom stereocenters. The van der Waals surface area contributed by atoms with E-state index in [0.717, 1.165) is 16.8 Å². The van der Waals surface area contributed by atoms with E-state index < -0.39 is 82.6 Å². The lowest BCUT2D eigenvalue weighted by atomic mass is 9.67. The van der Waals surface area contributed by atoms with Crippen LogP contribution in [0.25, 0.3) is 0 Å². The maximum Gasteiger partial charge on any atom is 0.305 e. The second-order valence-corrected chi connectivity index (χ2v) is 20.7. The highest BCUT2D eigenvalue weighted by Crippen LogP contribution is 2.47. The van der Waals surface area contributed by atoms with Crippen LogP contribution in [-0.2, 0) is 38.1 Å². The SMILES string of the molecule is CC(=O)NC1C(OCCOCCNC(=O)C(C)(CC(C)(C#N)CCC(=O)OCCSSc2ccccn2)CC(C)(SC(=S)c2ccccc2)C(=O)NCC(C)O)OC(CO)C(O)C1O. The number of thioether (sulfide) groups is 1. The Morgan fingerprint density at radius 3 is 2.34 bits per heavy atom. The van der Waals surface area contributed by atoms with Crippen LogP contribution in [0.5, 0.6) is 0 Å². The number of aliphatic hydroxyl groups is 4. The van der Waals surface area contributed by atoms with E-state index in [2.05, 4.69) is 27.0 Å². The zero-order chi connectivity index (χ0) is 47.3. The second-order valence-electron chi connectivity index (χ2n) is 16.1. The number of benzene rings is 1. The minimum atomic E-state index is -1.47. The normalized spacial score (nSPS) is 21.7. The number of thiocarbonyl (C=S) groups is 1. The van der Waals surface area contributed by atoms with Crippen molar-refractivity contribution in [2.45, 2.75) is 107 Å². The predicted molar refractivity (Wildman–Crippen MR) is 248 cm³/mol. The number of pyridine rings is 1. The first kappa shape index (κ1) is 54.9. The molecule has 1 aromatic carbocycles. The maximum atomic E-state index is 14.4. The quantitative estimate of drug-likeness (QED) is 0.0294. The van der Waals surface area contributed by atoms with Gasteiger partial charge >= 0.3 is 5.97 Å². The van der Waals surface area contributed by atoms with Gasteiger partial charge in [0.1, 0.15) is 36.0 Å². The van der Waals surface area contributed by atoms with Crippen LogP contribution in [0.15, 0.2) is 59.8 Å². The average molecular weight is 968 g/mol. The summed E-state index contributed by atoms with van der Waals surface area (Å²) in [6, 6.07) is 15.9. The molecule has 1 saturated heterocycles. The van der Waals surface area contributed by atoms with Crippen LogP contribution < -0.4 is 16.0 Å². The van der Waals surface area contributed by atoms with E-state index in [9.17, 15) is 44.9 Å². The molecule has 1 aliphatic rings. The molecular weight excluding hydrogens is 907 g/mol. The van der Waals surface area contributed by atoms with Crippen molar-refractivity contribution in [3.63, 3.8) is 0 Å². The fourth-order valence-electron chi connectivity index (χ4n) is 6.97. The van der Waals surface area contributed by atoms with Crippen LogP contribution in [0.1, 0.15) is 65.9 Å². The molecular formula is C43H61N5O12S4. The summed E-state index contributed by atoms with van der Waals surface area (Å²) in [6.07, 6.45) is -4.66. The van der Waals surface area contributed by atoms with Gasteiger partial charge in [-0.2, -0.15) is 5.26 Å². The van der Waals surface area contributed by atoms with E-state index in [4.69, 9.17) is 31.2 Å². The van der Waals surface area contributed by atoms with Gasteiger partial charge in [-0.15, -0.1) is 0 Å². The number of hydrogen-bond acceptors (Lipinski definition) is 18. The number of aliphatic hydroxyl groups excluding tert-OH is 4. The minimum absolute atomic E-state index is 0.00539. The lowest BCUT2D eigenvalue weighted by Crippen LogP contribution is -2.64. The van der Waals surface area contributed by atoms with Crippen molar-refractivity contribution in [2.75, 3.05) is 51.9 Å². The van der Waals surface area contributed by atoms with Gasteiger partial charge in [0.15, 0.2) is 6.29 Å². The molecule has 1 aliphatic heterocycles. The summed E-state index contributed by atoms with van der Waals surface area (Å²) in [7, 11) is 2.95. The van der Waals surface area contributed by atoms with Crippen molar-refractivity contribution < 1.29 is 58.6 Å². The van der Waals surface area contributed by atoms with Crippen molar-refractivity contribution >= 4 is 73.5 Å². The van der Waals surface area contributed by atoms with Crippen LogP contribution >= 0.6 is 45.6 Å². The molecule has 2 aromatic rings. The summed E-state index contributed by atoms with van der Waals surface area (Å²) in [4.78, 5) is 57.4. The molecule has 3 rings (SSSR count). The molecule has 21 heteroatoms. The summed E-state index contributed by atoms with van der Waals surface area (Å²) >= 11 is 6.90. The summed E-state index contributed by atoms with van der Waals surface area (Å²) in [5, 5.41) is 59.9. The number of aromatic nitrogens is 1. The standard InChI is InChI=1S/C43H61N5O12S4/c1-28(50)23-47-40(56)43(5,63-38(61)30-11-7-6-8-12-30)26-42(4,25-41(3,27-44)15-14-33(52)58-21-22-62-64-32-13-9-10-16-45-32)39(55)46-17-18-57-19-20-59-37-34(48-29(2)51)36(54)35(53)31(24-49)60-37/h6-13,16,28,31,34-37,49-50,53-54H,14-15,17-26H2,1-5H3,(H,46,55)(H,47,56)(H,48,51). The fourth-order valence-corrected chi connectivity index (χ4v) is 10.6. The molecule has 9 atom stereocenters. The van der Waals surface area contributed by atoms with Crippen LogP contribution in [0.3, 0.4) is 0 Å². The average Bonchev–Trinajstić information content (AvgIpc) is 3.26. The van der Waals surface area contributed by atoms with Gasteiger partial charge in [-0.1, -0.05) is 78.1 Å². The Morgan fingerprint density at radius 1 is 0.984 bits per heavy atom. The Hall–Kier alpha value is -3.40. The highest BCUT2D eigenvalue weighted by atomic mass is 33.1. The predicted octanol–water partition coefficient (Wildman–Crippen LogP) is 2.92. The smallest absolute Gasteiger partial charge is 0.305 e. The first-order valence-electron chi connectivity index (χ1n) is 20.7. The summed E-state index contributed by atoms with van der Waals surface area (Å²) in [5.41, 5.74) is -1.96. The van der Waals surface area contributed by atoms with Gasteiger partial charge in [0.2, 0.25) is 17.7 Å². The highest BCUT2D eigenvalue weighted by Gasteiger charge is 2.49.